The van der Waals surface area contributed by atoms with Gasteiger partial charge in [-0.25, -0.2) is 0 Å². The molecule has 0 aromatic carbocycles. The predicted octanol–water partition coefficient (Wildman–Crippen LogP) is 1.53. The van der Waals surface area contributed by atoms with Crippen LogP contribution < -0.4 is 11.1 Å². The van der Waals surface area contributed by atoms with E-state index in [1.807, 2.05) is 6.92 Å². The first kappa shape index (κ1) is 17.7. The second-order valence-corrected chi connectivity index (χ2v) is 5.11. The van der Waals surface area contributed by atoms with E-state index in [4.69, 9.17) is 5.73 Å². The first-order chi connectivity index (χ1) is 8.15. The third kappa shape index (κ3) is 6.03. The molecule has 0 aromatic heterocycles. The van der Waals surface area contributed by atoms with Crippen LogP contribution in [0.3, 0.4) is 0 Å². The minimum atomic E-state index is -0.336. The van der Waals surface area contributed by atoms with Crippen LogP contribution >= 0.6 is 12.4 Å². The molecule has 3 N–H and O–H groups in total. The molecule has 18 heavy (non-hydrogen) atoms. The van der Waals surface area contributed by atoms with Gasteiger partial charge in [-0.05, 0) is 26.3 Å². The van der Waals surface area contributed by atoms with Gasteiger partial charge in [0.1, 0.15) is 0 Å². The van der Waals surface area contributed by atoms with Crippen molar-refractivity contribution in [1.82, 2.24) is 10.2 Å². The SMILES string of the molecule is CCCC(N)C(=O)NCCN(C)C1CCCC1.Cl. The number of halogens is 1. The summed E-state index contributed by atoms with van der Waals surface area (Å²) < 4.78 is 0. The molecule has 1 saturated carbocycles. The Bertz CT molecular complexity index is 232. The molecule has 0 aliphatic heterocycles. The van der Waals surface area contributed by atoms with Gasteiger partial charge in [-0.2, -0.15) is 0 Å². The van der Waals surface area contributed by atoms with Gasteiger partial charge in [-0.1, -0.05) is 26.2 Å². The second-order valence-electron chi connectivity index (χ2n) is 5.11. The summed E-state index contributed by atoms with van der Waals surface area (Å²) in [5.74, 6) is -0.00771. The van der Waals surface area contributed by atoms with Crippen LogP contribution in [0.1, 0.15) is 45.4 Å². The first-order valence-corrected chi connectivity index (χ1v) is 6.88. The van der Waals surface area contributed by atoms with Gasteiger partial charge in [-0.3, -0.25) is 4.79 Å². The summed E-state index contributed by atoms with van der Waals surface area (Å²) >= 11 is 0. The van der Waals surface area contributed by atoms with Crippen LogP contribution in [0.4, 0.5) is 0 Å². The molecule has 5 heteroatoms. The highest BCUT2D eigenvalue weighted by Gasteiger charge is 2.19. The lowest BCUT2D eigenvalue weighted by atomic mass is 10.1. The van der Waals surface area contributed by atoms with Gasteiger partial charge >= 0.3 is 0 Å². The summed E-state index contributed by atoms with van der Waals surface area (Å²) in [7, 11) is 2.15. The fourth-order valence-corrected chi connectivity index (χ4v) is 2.46. The van der Waals surface area contributed by atoms with Crippen molar-refractivity contribution in [2.45, 2.75) is 57.5 Å². The van der Waals surface area contributed by atoms with Crippen LogP contribution in [-0.2, 0) is 4.79 Å². The molecule has 1 aliphatic carbocycles. The lowest BCUT2D eigenvalue weighted by Crippen LogP contribution is -2.44. The number of carbonyl (C=O) groups is 1. The maximum absolute atomic E-state index is 11.6. The van der Waals surface area contributed by atoms with Crippen molar-refractivity contribution in [3.8, 4) is 0 Å². The Balaban J connectivity index is 0.00000289. The molecule has 1 amide bonds. The molecule has 0 heterocycles. The maximum atomic E-state index is 11.6. The zero-order valence-corrected chi connectivity index (χ0v) is 12.5. The zero-order valence-electron chi connectivity index (χ0n) is 11.7. The monoisotopic (exact) mass is 277 g/mol. The smallest absolute Gasteiger partial charge is 0.236 e. The van der Waals surface area contributed by atoms with E-state index in [9.17, 15) is 4.79 Å². The molecular formula is C13H28ClN3O. The van der Waals surface area contributed by atoms with Crippen molar-refractivity contribution in [2.24, 2.45) is 5.73 Å². The number of amides is 1. The number of likely N-dealkylation sites (N-methyl/N-ethyl adjacent to an activating group) is 1. The summed E-state index contributed by atoms with van der Waals surface area (Å²) in [6.07, 6.45) is 7.03. The Labute approximate surface area is 117 Å². The summed E-state index contributed by atoms with van der Waals surface area (Å²) in [6.45, 7) is 3.68. The molecule has 1 atom stereocenters. The molecule has 1 fully saturated rings. The fourth-order valence-electron chi connectivity index (χ4n) is 2.46. The molecule has 0 bridgehead atoms. The number of nitrogens with two attached hydrogens (primary N) is 1. The van der Waals surface area contributed by atoms with E-state index in [1.165, 1.54) is 25.7 Å². The molecule has 1 unspecified atom stereocenters. The van der Waals surface area contributed by atoms with Gasteiger partial charge in [0.2, 0.25) is 5.91 Å². The summed E-state index contributed by atoms with van der Waals surface area (Å²) in [6, 6.07) is 0.382. The molecule has 0 saturated heterocycles. The topological polar surface area (TPSA) is 58.4 Å². The molecule has 1 rings (SSSR count). The number of nitrogens with zero attached hydrogens (tertiary/aromatic N) is 1. The Morgan fingerprint density at radius 1 is 1.44 bits per heavy atom. The van der Waals surface area contributed by atoms with E-state index in [-0.39, 0.29) is 24.4 Å². The van der Waals surface area contributed by atoms with E-state index >= 15 is 0 Å². The lowest BCUT2D eigenvalue weighted by Gasteiger charge is -2.24. The van der Waals surface area contributed by atoms with Crippen molar-refractivity contribution < 1.29 is 4.79 Å². The van der Waals surface area contributed by atoms with Crippen molar-refractivity contribution in [3.63, 3.8) is 0 Å². The average Bonchev–Trinajstić information content (AvgIpc) is 2.82. The maximum Gasteiger partial charge on any atom is 0.236 e. The van der Waals surface area contributed by atoms with Gasteiger partial charge in [0, 0.05) is 19.1 Å². The minimum Gasteiger partial charge on any atom is -0.353 e. The Kier molecular flexibility index (Phi) is 9.42. The van der Waals surface area contributed by atoms with Crippen molar-refractivity contribution in [2.75, 3.05) is 20.1 Å². The first-order valence-electron chi connectivity index (χ1n) is 6.88. The van der Waals surface area contributed by atoms with E-state index in [0.29, 0.717) is 6.54 Å². The van der Waals surface area contributed by atoms with E-state index in [0.717, 1.165) is 25.4 Å². The number of rotatable bonds is 7. The van der Waals surface area contributed by atoms with Gasteiger partial charge in [-0.15, -0.1) is 12.4 Å². The molecule has 4 nitrogen and oxygen atoms in total. The van der Waals surface area contributed by atoms with Gasteiger partial charge < -0.3 is 16.0 Å². The summed E-state index contributed by atoms with van der Waals surface area (Å²) in [5.41, 5.74) is 5.74. The van der Waals surface area contributed by atoms with Gasteiger partial charge in [0.25, 0.3) is 0 Å². The molecular weight excluding hydrogens is 250 g/mol. The van der Waals surface area contributed by atoms with Gasteiger partial charge in [0.15, 0.2) is 0 Å². The lowest BCUT2D eigenvalue weighted by molar-refractivity contribution is -0.122. The number of nitrogens with one attached hydrogen (secondary N) is 1. The minimum absolute atomic E-state index is 0. The van der Waals surface area contributed by atoms with Gasteiger partial charge in [0.05, 0.1) is 6.04 Å². The molecule has 0 radical (unpaired) electrons. The summed E-state index contributed by atoms with van der Waals surface area (Å²) in [4.78, 5) is 13.9. The van der Waals surface area contributed by atoms with Crippen molar-refractivity contribution >= 4 is 18.3 Å². The highest BCUT2D eigenvalue weighted by molar-refractivity contribution is 5.85. The van der Waals surface area contributed by atoms with Crippen LogP contribution in [0, 0.1) is 0 Å². The average molecular weight is 278 g/mol. The third-order valence-corrected chi connectivity index (χ3v) is 3.65. The highest BCUT2D eigenvalue weighted by Crippen LogP contribution is 2.21. The van der Waals surface area contributed by atoms with Crippen LogP contribution in [0.25, 0.3) is 0 Å². The second kappa shape index (κ2) is 9.59. The summed E-state index contributed by atoms with van der Waals surface area (Å²) in [5, 5.41) is 2.92. The molecule has 108 valence electrons. The van der Waals surface area contributed by atoms with Crippen LogP contribution in [0.2, 0.25) is 0 Å². The number of hydrogen-bond donors (Lipinski definition) is 2. The molecule has 0 spiro atoms. The van der Waals surface area contributed by atoms with Crippen LogP contribution in [0.15, 0.2) is 0 Å². The van der Waals surface area contributed by atoms with E-state index in [1.54, 1.807) is 0 Å². The van der Waals surface area contributed by atoms with Crippen molar-refractivity contribution in [1.29, 1.82) is 0 Å². The standard InChI is InChI=1S/C13H27N3O.ClH/c1-3-6-12(14)13(17)15-9-10-16(2)11-7-4-5-8-11;/h11-12H,3-10,14H2,1-2H3,(H,15,17);1H. The normalized spacial score (nSPS) is 17.6. The van der Waals surface area contributed by atoms with E-state index < -0.39 is 0 Å². The molecule has 1 aliphatic rings. The third-order valence-electron chi connectivity index (χ3n) is 3.65. The quantitative estimate of drug-likeness (QED) is 0.742. The zero-order chi connectivity index (χ0) is 12.7. The Morgan fingerprint density at radius 3 is 2.61 bits per heavy atom. The Hall–Kier alpha value is -0.320. The number of hydrogen-bond acceptors (Lipinski definition) is 3. The fraction of sp³-hybridized carbons (Fsp3) is 0.923. The predicted molar refractivity (Wildman–Crippen MR) is 78.0 cm³/mol. The van der Waals surface area contributed by atoms with Crippen LogP contribution in [0.5, 0.6) is 0 Å². The Morgan fingerprint density at radius 2 is 2.06 bits per heavy atom. The van der Waals surface area contributed by atoms with E-state index in [2.05, 4.69) is 17.3 Å². The molecule has 0 aromatic rings. The van der Waals surface area contributed by atoms with Crippen molar-refractivity contribution in [3.05, 3.63) is 0 Å². The van der Waals surface area contributed by atoms with Crippen LogP contribution in [-0.4, -0.2) is 43.0 Å². The highest BCUT2D eigenvalue weighted by atomic mass is 35.5. The number of carbonyl (C=O) groups excluding carboxylic acids is 1. The largest absolute Gasteiger partial charge is 0.353 e.